The summed E-state index contributed by atoms with van der Waals surface area (Å²) in [6, 6.07) is 18.5. The molecule has 0 aliphatic rings. The van der Waals surface area contributed by atoms with Crippen molar-refractivity contribution in [1.29, 1.82) is 0 Å². The Morgan fingerprint density at radius 2 is 1.74 bits per heavy atom. The lowest BCUT2D eigenvalue weighted by molar-refractivity contribution is -0.137. The number of hydrogen-bond acceptors (Lipinski definition) is 4. The van der Waals surface area contributed by atoms with Crippen molar-refractivity contribution in [2.45, 2.75) is 6.18 Å². The van der Waals surface area contributed by atoms with Gasteiger partial charge in [-0.3, -0.25) is 10.1 Å². The van der Waals surface area contributed by atoms with Gasteiger partial charge < -0.3 is 9.30 Å². The van der Waals surface area contributed by atoms with Crippen molar-refractivity contribution in [2.75, 3.05) is 0 Å². The van der Waals surface area contributed by atoms with Crippen LogP contribution in [0.4, 0.5) is 13.2 Å². The van der Waals surface area contributed by atoms with Gasteiger partial charge in [0.05, 0.1) is 27.6 Å². The van der Waals surface area contributed by atoms with Crippen LogP contribution in [0.25, 0.3) is 44.4 Å². The van der Waals surface area contributed by atoms with Gasteiger partial charge in [-0.1, -0.05) is 6.07 Å². The van der Waals surface area contributed by atoms with Crippen molar-refractivity contribution in [3.05, 3.63) is 78.5 Å². The van der Waals surface area contributed by atoms with Crippen molar-refractivity contribution >= 4 is 32.8 Å². The monoisotopic (exact) mass is 459 g/mol. The zero-order valence-electron chi connectivity index (χ0n) is 17.8. The normalized spacial score (nSPS) is 12.1. The maximum absolute atomic E-state index is 13.1. The van der Waals surface area contributed by atoms with Gasteiger partial charge in [-0.05, 0) is 54.6 Å². The molecule has 0 aliphatic carbocycles. The topological polar surface area (TPSA) is 68.6 Å². The molecule has 1 N–H and O–H groups in total. The number of nitrogens with zero attached hydrogens (tertiary/aromatic N) is 4. The highest BCUT2D eigenvalue weighted by Gasteiger charge is 2.31. The van der Waals surface area contributed by atoms with E-state index in [2.05, 4.69) is 20.2 Å². The van der Waals surface area contributed by atoms with Crippen LogP contribution in [0.2, 0.25) is 0 Å². The van der Waals surface area contributed by atoms with E-state index in [0.29, 0.717) is 28.5 Å². The first-order valence-electron chi connectivity index (χ1n) is 10.4. The van der Waals surface area contributed by atoms with Gasteiger partial charge in [0.25, 0.3) is 0 Å². The van der Waals surface area contributed by atoms with Crippen molar-refractivity contribution < 1.29 is 17.9 Å². The highest BCUT2D eigenvalue weighted by Crippen LogP contribution is 2.35. The summed E-state index contributed by atoms with van der Waals surface area (Å²) in [6.07, 6.45) is -2.71. The lowest BCUT2D eigenvalue weighted by Gasteiger charge is -2.07. The number of benzene rings is 3. The van der Waals surface area contributed by atoms with E-state index >= 15 is 0 Å². The largest absolute Gasteiger partial charge is 0.457 e. The van der Waals surface area contributed by atoms with Crippen molar-refractivity contribution in [3.63, 3.8) is 0 Å². The van der Waals surface area contributed by atoms with Crippen molar-refractivity contribution in [3.8, 4) is 23.0 Å². The minimum atomic E-state index is -4.44. The number of nitrogens with one attached hydrogen (secondary N) is 1. The van der Waals surface area contributed by atoms with Crippen molar-refractivity contribution in [1.82, 2.24) is 24.7 Å². The van der Waals surface area contributed by atoms with Gasteiger partial charge in [-0.25, -0.2) is 4.98 Å². The summed E-state index contributed by atoms with van der Waals surface area (Å²) in [6.45, 7) is 0. The summed E-state index contributed by atoms with van der Waals surface area (Å²) in [7, 11) is 1.75. The number of hydrogen-bond donors (Lipinski definition) is 1. The number of halogens is 3. The molecule has 0 bridgehead atoms. The molecule has 9 heteroatoms. The maximum Gasteiger partial charge on any atom is 0.416 e. The summed E-state index contributed by atoms with van der Waals surface area (Å²) >= 11 is 0. The Bertz CT molecular complexity index is 1700. The Hall–Kier alpha value is -4.40. The van der Waals surface area contributed by atoms with Crippen LogP contribution in [-0.4, -0.2) is 24.7 Å². The number of imidazole rings is 1. The molecule has 0 saturated heterocycles. The molecule has 0 aliphatic heterocycles. The summed E-state index contributed by atoms with van der Waals surface area (Å²) < 4.78 is 47.2. The van der Waals surface area contributed by atoms with Crippen LogP contribution in [0.3, 0.4) is 0 Å². The van der Waals surface area contributed by atoms with Gasteiger partial charge in [0.1, 0.15) is 17.2 Å². The number of fused-ring (bicyclic) bond motifs is 3. The number of rotatable bonds is 3. The van der Waals surface area contributed by atoms with Gasteiger partial charge in [0.15, 0.2) is 5.82 Å². The molecular formula is C25H16F3N5O. The van der Waals surface area contributed by atoms with E-state index < -0.39 is 11.7 Å². The maximum atomic E-state index is 13.1. The number of ether oxygens (including phenoxy) is 1. The number of pyridine rings is 1. The summed E-state index contributed by atoms with van der Waals surface area (Å²) in [5.74, 6) is 1.68. The average molecular weight is 459 g/mol. The first kappa shape index (κ1) is 20.2. The second-order valence-electron chi connectivity index (χ2n) is 7.94. The highest BCUT2D eigenvalue weighted by molar-refractivity contribution is 5.94. The third-order valence-corrected chi connectivity index (χ3v) is 5.77. The van der Waals surface area contributed by atoms with E-state index in [0.717, 1.165) is 33.9 Å². The SMILES string of the molecule is Cn1c(-c2n[nH]c3ccc(Oc4ccc5cccnc5c4)cc23)nc2cc(C(F)(F)F)ccc21. The molecule has 3 aromatic carbocycles. The molecule has 0 fully saturated rings. The fourth-order valence-electron chi connectivity index (χ4n) is 4.06. The molecule has 0 amide bonds. The number of alkyl halides is 3. The smallest absolute Gasteiger partial charge is 0.416 e. The van der Waals surface area contributed by atoms with Crippen LogP contribution in [0.1, 0.15) is 5.56 Å². The minimum absolute atomic E-state index is 0.250. The second kappa shape index (κ2) is 7.31. The third-order valence-electron chi connectivity index (χ3n) is 5.77. The average Bonchev–Trinajstić information content (AvgIpc) is 3.38. The molecule has 6 rings (SSSR count). The lowest BCUT2D eigenvalue weighted by atomic mass is 10.2. The second-order valence-corrected chi connectivity index (χ2v) is 7.94. The van der Waals surface area contributed by atoms with Gasteiger partial charge in [-0.2, -0.15) is 18.3 Å². The predicted octanol–water partition coefficient (Wildman–Crippen LogP) is 6.48. The van der Waals surface area contributed by atoms with Gasteiger partial charge in [0, 0.05) is 30.1 Å². The van der Waals surface area contributed by atoms with Crippen LogP contribution < -0.4 is 4.74 Å². The number of aromatic nitrogens is 5. The molecular weight excluding hydrogens is 443 g/mol. The number of aromatic amines is 1. The quantitative estimate of drug-likeness (QED) is 0.329. The summed E-state index contributed by atoms with van der Waals surface area (Å²) in [5.41, 5.74) is 2.19. The fourth-order valence-corrected chi connectivity index (χ4v) is 4.06. The van der Waals surface area contributed by atoms with Crippen LogP contribution in [-0.2, 0) is 13.2 Å². The number of aryl methyl sites for hydroxylation is 1. The molecule has 0 atom stereocenters. The van der Waals surface area contributed by atoms with E-state index in [-0.39, 0.29) is 5.52 Å². The molecule has 0 unspecified atom stereocenters. The Balaban J connectivity index is 1.41. The van der Waals surface area contributed by atoms with Crippen LogP contribution in [0.15, 0.2) is 72.9 Å². The predicted molar refractivity (Wildman–Crippen MR) is 123 cm³/mol. The van der Waals surface area contributed by atoms with Crippen LogP contribution >= 0.6 is 0 Å². The molecule has 6 nitrogen and oxygen atoms in total. The Morgan fingerprint density at radius 3 is 2.59 bits per heavy atom. The molecule has 0 spiro atoms. The molecule has 3 aromatic heterocycles. The van der Waals surface area contributed by atoms with Crippen LogP contribution in [0, 0.1) is 0 Å². The zero-order chi connectivity index (χ0) is 23.4. The molecule has 34 heavy (non-hydrogen) atoms. The van der Waals surface area contributed by atoms with E-state index in [4.69, 9.17) is 4.74 Å². The molecule has 168 valence electrons. The van der Waals surface area contributed by atoms with E-state index in [1.807, 2.05) is 48.5 Å². The van der Waals surface area contributed by atoms with E-state index in [1.54, 1.807) is 17.8 Å². The van der Waals surface area contributed by atoms with E-state index in [9.17, 15) is 13.2 Å². The fraction of sp³-hybridized carbons (Fsp3) is 0.0800. The Kier molecular flexibility index (Phi) is 4.35. The summed E-state index contributed by atoms with van der Waals surface area (Å²) in [4.78, 5) is 8.81. The Morgan fingerprint density at radius 1 is 0.912 bits per heavy atom. The zero-order valence-corrected chi connectivity index (χ0v) is 17.8. The van der Waals surface area contributed by atoms with Gasteiger partial charge >= 0.3 is 6.18 Å². The number of H-pyrrole nitrogens is 1. The summed E-state index contributed by atoms with van der Waals surface area (Å²) in [5, 5.41) is 9.10. The third kappa shape index (κ3) is 3.33. The molecule has 3 heterocycles. The Labute approximate surface area is 190 Å². The van der Waals surface area contributed by atoms with Gasteiger partial charge in [0.2, 0.25) is 0 Å². The van der Waals surface area contributed by atoms with Crippen LogP contribution in [0.5, 0.6) is 11.5 Å². The first-order chi connectivity index (χ1) is 16.4. The molecule has 0 saturated carbocycles. The standard InChI is InChI=1S/C25H16F3N5O/c1-33-22-9-5-15(25(26,27)28)11-21(22)30-24(33)23-18-12-16(7-8-19(18)31-32-23)34-17-6-4-14-3-2-10-29-20(14)13-17/h2-13H,1H3,(H,31,32). The molecule has 0 radical (unpaired) electrons. The lowest BCUT2D eigenvalue weighted by Crippen LogP contribution is -2.04. The van der Waals surface area contributed by atoms with E-state index in [1.165, 1.54) is 6.07 Å². The van der Waals surface area contributed by atoms with Crippen molar-refractivity contribution in [2.24, 2.45) is 7.05 Å². The first-order valence-corrected chi connectivity index (χ1v) is 10.4. The highest BCUT2D eigenvalue weighted by atomic mass is 19.4. The minimum Gasteiger partial charge on any atom is -0.457 e. The van der Waals surface area contributed by atoms with Gasteiger partial charge in [-0.15, -0.1) is 0 Å². The molecule has 6 aromatic rings.